The van der Waals surface area contributed by atoms with Crippen LogP contribution in [0.2, 0.25) is 0 Å². The quantitative estimate of drug-likeness (QED) is 0.193. The molecule has 4 nitrogen and oxygen atoms in total. The van der Waals surface area contributed by atoms with Crippen LogP contribution in [0.3, 0.4) is 0 Å². The number of rotatable bonds is 3. The minimum Gasteiger partial charge on any atom is -0.309 e. The predicted octanol–water partition coefficient (Wildman–Crippen LogP) is 11.8. The van der Waals surface area contributed by atoms with Crippen LogP contribution in [0.15, 0.2) is 170 Å². The molecule has 232 valence electrons. The van der Waals surface area contributed by atoms with Gasteiger partial charge in [0, 0.05) is 38.2 Å². The average molecular weight is 637 g/mol. The first kappa shape index (κ1) is 27.2. The van der Waals surface area contributed by atoms with E-state index in [0.717, 1.165) is 38.9 Å². The second-order valence-corrected chi connectivity index (χ2v) is 13.1. The van der Waals surface area contributed by atoms with Gasteiger partial charge in [-0.15, -0.1) is 0 Å². The second-order valence-electron chi connectivity index (χ2n) is 13.1. The van der Waals surface area contributed by atoms with E-state index in [2.05, 4.69) is 179 Å². The van der Waals surface area contributed by atoms with Crippen molar-refractivity contribution in [3.63, 3.8) is 0 Å². The van der Waals surface area contributed by atoms with E-state index >= 15 is 0 Å². The summed E-state index contributed by atoms with van der Waals surface area (Å²) in [6.07, 6.45) is 0. The van der Waals surface area contributed by atoms with Crippen molar-refractivity contribution in [2.24, 2.45) is 0 Å². The Morgan fingerprint density at radius 3 is 1.66 bits per heavy atom. The van der Waals surface area contributed by atoms with E-state index in [1.807, 2.05) is 0 Å². The Labute approximate surface area is 287 Å². The Bertz CT molecular complexity index is 3150. The van der Waals surface area contributed by atoms with E-state index in [-0.39, 0.29) is 0 Å². The monoisotopic (exact) mass is 636 g/mol. The summed E-state index contributed by atoms with van der Waals surface area (Å²) in [5, 5.41) is 10.7. The highest BCUT2D eigenvalue weighted by Gasteiger charge is 2.19. The topological polar surface area (TPSA) is 35.6 Å². The van der Waals surface area contributed by atoms with Crippen LogP contribution >= 0.6 is 0 Å². The van der Waals surface area contributed by atoms with Crippen molar-refractivity contribution in [1.82, 2.24) is 19.1 Å². The molecule has 0 amide bonds. The highest BCUT2D eigenvalue weighted by Crippen LogP contribution is 2.38. The van der Waals surface area contributed by atoms with E-state index in [1.165, 1.54) is 54.1 Å². The van der Waals surface area contributed by atoms with E-state index in [4.69, 9.17) is 9.97 Å². The van der Waals surface area contributed by atoms with Crippen LogP contribution in [-0.2, 0) is 0 Å². The zero-order valence-corrected chi connectivity index (χ0v) is 27.0. The average Bonchev–Trinajstić information content (AvgIpc) is 3.67. The number of aromatic nitrogens is 4. The molecular formula is C46H28N4. The molecule has 8 aromatic carbocycles. The molecule has 11 aromatic rings. The van der Waals surface area contributed by atoms with Crippen molar-refractivity contribution in [3.8, 4) is 22.9 Å². The van der Waals surface area contributed by atoms with Crippen LogP contribution < -0.4 is 0 Å². The molecule has 0 aliphatic rings. The Kier molecular flexibility index (Phi) is 5.63. The molecule has 11 rings (SSSR count). The molecule has 0 saturated carbocycles. The molecule has 0 spiro atoms. The van der Waals surface area contributed by atoms with Gasteiger partial charge < -0.3 is 4.57 Å². The molecule has 0 unspecified atom stereocenters. The van der Waals surface area contributed by atoms with Crippen molar-refractivity contribution in [1.29, 1.82) is 0 Å². The smallest absolute Gasteiger partial charge is 0.235 e. The lowest BCUT2D eigenvalue weighted by atomic mass is 10.0. The summed E-state index contributed by atoms with van der Waals surface area (Å²) in [6.45, 7) is 0. The second kappa shape index (κ2) is 10.4. The van der Waals surface area contributed by atoms with Crippen LogP contribution in [0.1, 0.15) is 0 Å². The SMILES string of the molecule is c1ccc(-n2c3ccccc3c3cc4cc(-c5nc(-n6c7ccccc7c7cc8ccccc8cc76)nc6ccccc56)ccc4cc32)cc1. The fourth-order valence-corrected chi connectivity index (χ4v) is 7.97. The molecule has 0 bridgehead atoms. The molecule has 3 heterocycles. The van der Waals surface area contributed by atoms with Gasteiger partial charge in [-0.3, -0.25) is 4.57 Å². The Balaban J connectivity index is 1.17. The number of hydrogen-bond acceptors (Lipinski definition) is 2. The van der Waals surface area contributed by atoms with Crippen LogP contribution in [-0.4, -0.2) is 19.1 Å². The maximum Gasteiger partial charge on any atom is 0.235 e. The summed E-state index contributed by atoms with van der Waals surface area (Å²) in [7, 11) is 0. The maximum absolute atomic E-state index is 5.40. The first-order valence-electron chi connectivity index (χ1n) is 17.0. The van der Waals surface area contributed by atoms with Gasteiger partial charge in [-0.1, -0.05) is 109 Å². The van der Waals surface area contributed by atoms with Crippen molar-refractivity contribution < 1.29 is 0 Å². The lowest BCUT2D eigenvalue weighted by Crippen LogP contribution is -2.03. The van der Waals surface area contributed by atoms with Gasteiger partial charge in [-0.2, -0.15) is 0 Å². The van der Waals surface area contributed by atoms with Gasteiger partial charge in [0.15, 0.2) is 0 Å². The summed E-state index contributed by atoms with van der Waals surface area (Å²) >= 11 is 0. The first-order chi connectivity index (χ1) is 24.8. The lowest BCUT2D eigenvalue weighted by molar-refractivity contribution is 1.01. The molecule has 0 aliphatic carbocycles. The zero-order valence-electron chi connectivity index (χ0n) is 27.0. The first-order valence-corrected chi connectivity index (χ1v) is 17.0. The van der Waals surface area contributed by atoms with Gasteiger partial charge in [0.2, 0.25) is 5.95 Å². The molecular weight excluding hydrogens is 609 g/mol. The number of nitrogens with zero attached hydrogens (tertiary/aromatic N) is 4. The van der Waals surface area contributed by atoms with Gasteiger partial charge in [0.25, 0.3) is 0 Å². The normalized spacial score (nSPS) is 12.0. The van der Waals surface area contributed by atoms with Crippen LogP contribution in [0.25, 0.3) is 99.0 Å². The van der Waals surface area contributed by atoms with Gasteiger partial charge in [-0.25, -0.2) is 9.97 Å². The summed E-state index contributed by atoms with van der Waals surface area (Å²) in [5.74, 6) is 0.668. The molecule has 0 fully saturated rings. The highest BCUT2D eigenvalue weighted by atomic mass is 15.2. The minimum absolute atomic E-state index is 0.668. The highest BCUT2D eigenvalue weighted by molar-refractivity contribution is 6.15. The zero-order chi connectivity index (χ0) is 32.8. The van der Waals surface area contributed by atoms with Gasteiger partial charge >= 0.3 is 0 Å². The molecule has 3 aromatic heterocycles. The molecule has 0 radical (unpaired) electrons. The predicted molar refractivity (Wildman–Crippen MR) is 209 cm³/mol. The Morgan fingerprint density at radius 2 is 0.900 bits per heavy atom. The molecule has 0 atom stereocenters. The van der Waals surface area contributed by atoms with Crippen LogP contribution in [0, 0.1) is 0 Å². The van der Waals surface area contributed by atoms with Gasteiger partial charge in [-0.05, 0) is 82.2 Å². The van der Waals surface area contributed by atoms with Gasteiger partial charge in [0.1, 0.15) is 0 Å². The Morgan fingerprint density at radius 1 is 0.340 bits per heavy atom. The third kappa shape index (κ3) is 3.93. The molecule has 50 heavy (non-hydrogen) atoms. The van der Waals surface area contributed by atoms with Crippen LogP contribution in [0.5, 0.6) is 0 Å². The van der Waals surface area contributed by atoms with E-state index in [9.17, 15) is 0 Å². The summed E-state index contributed by atoms with van der Waals surface area (Å²) in [5.41, 5.74) is 8.66. The summed E-state index contributed by atoms with van der Waals surface area (Å²) in [6, 6.07) is 60.8. The third-order valence-electron chi connectivity index (χ3n) is 10.3. The Hall–Kier alpha value is -6.78. The van der Waals surface area contributed by atoms with E-state index in [1.54, 1.807) is 0 Å². The largest absolute Gasteiger partial charge is 0.309 e. The fourth-order valence-electron chi connectivity index (χ4n) is 7.97. The number of fused-ring (bicyclic) bond motifs is 9. The molecule has 0 N–H and O–H groups in total. The van der Waals surface area contributed by atoms with Crippen molar-refractivity contribution in [3.05, 3.63) is 170 Å². The lowest BCUT2D eigenvalue weighted by Gasteiger charge is -2.13. The van der Waals surface area contributed by atoms with E-state index < -0.39 is 0 Å². The maximum atomic E-state index is 5.40. The number of benzene rings is 8. The molecule has 0 saturated heterocycles. The van der Waals surface area contributed by atoms with E-state index in [0.29, 0.717) is 5.95 Å². The van der Waals surface area contributed by atoms with Crippen molar-refractivity contribution in [2.75, 3.05) is 0 Å². The summed E-state index contributed by atoms with van der Waals surface area (Å²) in [4.78, 5) is 10.6. The number of hydrogen-bond donors (Lipinski definition) is 0. The fraction of sp³-hybridized carbons (Fsp3) is 0. The summed E-state index contributed by atoms with van der Waals surface area (Å²) < 4.78 is 4.60. The minimum atomic E-state index is 0.668. The van der Waals surface area contributed by atoms with Gasteiger partial charge in [0.05, 0.1) is 33.3 Å². The van der Waals surface area contributed by atoms with Crippen LogP contribution in [0.4, 0.5) is 0 Å². The van der Waals surface area contributed by atoms with Crippen molar-refractivity contribution >= 4 is 76.1 Å². The van der Waals surface area contributed by atoms with Crippen molar-refractivity contribution in [2.45, 2.75) is 0 Å². The third-order valence-corrected chi connectivity index (χ3v) is 10.3. The standard InChI is InChI=1S/C46H28N4/c1-2-14-34(15-3-1)49-41-20-10-7-16-35(41)39-26-33-24-32(23-22-31(33)28-43(39)49)45-37-18-6-9-19-40(37)47-46(48-45)50-42-21-11-8-17-36(42)38-25-29-12-4-5-13-30(29)27-44(38)50/h1-28H. The molecule has 0 aliphatic heterocycles. The number of para-hydroxylation sites is 4. The molecule has 4 heteroatoms.